The standard InChI is InChI=1S/C10H21NO/c1-6-8(3)9(12)11-10(4,5)7-2/h8H,6-7H2,1-5H3,(H,11,12). The van der Waals surface area contributed by atoms with E-state index in [1.165, 1.54) is 0 Å². The third-order valence-electron chi connectivity index (χ3n) is 2.41. The van der Waals surface area contributed by atoms with Crippen LogP contribution in [0.1, 0.15) is 47.5 Å². The maximum Gasteiger partial charge on any atom is 0.223 e. The van der Waals surface area contributed by atoms with E-state index in [0.717, 1.165) is 12.8 Å². The predicted octanol–water partition coefficient (Wildman–Crippen LogP) is 2.34. The fourth-order valence-corrected chi connectivity index (χ4v) is 0.730. The Hall–Kier alpha value is -0.530. The van der Waals surface area contributed by atoms with Gasteiger partial charge in [0.2, 0.25) is 5.91 Å². The molecule has 0 saturated carbocycles. The van der Waals surface area contributed by atoms with E-state index in [4.69, 9.17) is 0 Å². The van der Waals surface area contributed by atoms with Crippen LogP contribution >= 0.6 is 0 Å². The topological polar surface area (TPSA) is 29.1 Å². The molecule has 1 N–H and O–H groups in total. The minimum atomic E-state index is -0.0550. The molecule has 0 aromatic rings. The summed E-state index contributed by atoms with van der Waals surface area (Å²) in [5.74, 6) is 0.306. The van der Waals surface area contributed by atoms with E-state index in [1.807, 2.05) is 27.7 Å². The molecule has 1 atom stereocenters. The second-order valence-electron chi connectivity index (χ2n) is 4.04. The first-order valence-corrected chi connectivity index (χ1v) is 4.75. The van der Waals surface area contributed by atoms with E-state index < -0.39 is 0 Å². The van der Waals surface area contributed by atoms with E-state index >= 15 is 0 Å². The van der Waals surface area contributed by atoms with Gasteiger partial charge in [-0.1, -0.05) is 20.8 Å². The van der Waals surface area contributed by atoms with Crippen molar-refractivity contribution in [3.63, 3.8) is 0 Å². The molecule has 0 saturated heterocycles. The Kier molecular flexibility index (Phi) is 4.29. The molecule has 1 amide bonds. The first-order valence-electron chi connectivity index (χ1n) is 4.75. The minimum absolute atomic E-state index is 0.0550. The highest BCUT2D eigenvalue weighted by Gasteiger charge is 2.20. The average Bonchev–Trinajstić information content (AvgIpc) is 2.02. The SMILES string of the molecule is CCC(C)C(=O)NC(C)(C)CC. The maximum absolute atomic E-state index is 11.4. The average molecular weight is 171 g/mol. The smallest absolute Gasteiger partial charge is 0.223 e. The lowest BCUT2D eigenvalue weighted by Gasteiger charge is -2.26. The Morgan fingerprint density at radius 3 is 2.25 bits per heavy atom. The van der Waals surface area contributed by atoms with E-state index in [1.54, 1.807) is 0 Å². The van der Waals surface area contributed by atoms with Gasteiger partial charge >= 0.3 is 0 Å². The number of carbonyl (C=O) groups is 1. The van der Waals surface area contributed by atoms with Gasteiger partial charge in [-0.25, -0.2) is 0 Å². The fourth-order valence-electron chi connectivity index (χ4n) is 0.730. The highest BCUT2D eigenvalue weighted by molar-refractivity contribution is 5.78. The number of nitrogens with one attached hydrogen (secondary N) is 1. The molecule has 0 radical (unpaired) electrons. The highest BCUT2D eigenvalue weighted by Crippen LogP contribution is 2.09. The summed E-state index contributed by atoms with van der Waals surface area (Å²) in [7, 11) is 0. The van der Waals surface area contributed by atoms with Crippen LogP contribution in [0.25, 0.3) is 0 Å². The summed E-state index contributed by atoms with van der Waals surface area (Å²) in [5.41, 5.74) is -0.0550. The van der Waals surface area contributed by atoms with E-state index in [2.05, 4.69) is 12.2 Å². The zero-order chi connectivity index (χ0) is 9.78. The zero-order valence-corrected chi connectivity index (χ0v) is 8.90. The van der Waals surface area contributed by atoms with Gasteiger partial charge in [0.1, 0.15) is 0 Å². The van der Waals surface area contributed by atoms with Crippen molar-refractivity contribution in [2.75, 3.05) is 0 Å². The molecule has 1 unspecified atom stereocenters. The van der Waals surface area contributed by atoms with Crippen LogP contribution in [0.4, 0.5) is 0 Å². The number of hydrogen-bond acceptors (Lipinski definition) is 1. The molecule has 12 heavy (non-hydrogen) atoms. The molecular weight excluding hydrogens is 150 g/mol. The van der Waals surface area contributed by atoms with Crippen LogP contribution in [0.5, 0.6) is 0 Å². The summed E-state index contributed by atoms with van der Waals surface area (Å²) in [6.45, 7) is 10.2. The molecule has 0 aromatic carbocycles. The van der Waals surface area contributed by atoms with Crippen molar-refractivity contribution in [3.05, 3.63) is 0 Å². The van der Waals surface area contributed by atoms with Gasteiger partial charge in [-0.2, -0.15) is 0 Å². The summed E-state index contributed by atoms with van der Waals surface area (Å²) >= 11 is 0. The maximum atomic E-state index is 11.4. The second-order valence-corrected chi connectivity index (χ2v) is 4.04. The Bertz CT molecular complexity index is 152. The van der Waals surface area contributed by atoms with Crippen molar-refractivity contribution in [1.82, 2.24) is 5.32 Å². The highest BCUT2D eigenvalue weighted by atomic mass is 16.2. The van der Waals surface area contributed by atoms with Gasteiger partial charge in [0.25, 0.3) is 0 Å². The molecule has 0 fully saturated rings. The first kappa shape index (κ1) is 11.5. The molecule has 72 valence electrons. The molecule has 2 heteroatoms. The summed E-state index contributed by atoms with van der Waals surface area (Å²) in [6, 6.07) is 0. The quantitative estimate of drug-likeness (QED) is 0.691. The number of hydrogen-bond donors (Lipinski definition) is 1. The van der Waals surface area contributed by atoms with Crippen LogP contribution in [0.15, 0.2) is 0 Å². The molecule has 0 heterocycles. The largest absolute Gasteiger partial charge is 0.351 e. The van der Waals surface area contributed by atoms with Crippen molar-refractivity contribution in [2.45, 2.75) is 53.0 Å². The molecule has 0 bridgehead atoms. The lowest BCUT2D eigenvalue weighted by molar-refractivity contribution is -0.126. The van der Waals surface area contributed by atoms with E-state index in [0.29, 0.717) is 0 Å². The van der Waals surface area contributed by atoms with Crippen LogP contribution in [-0.2, 0) is 4.79 Å². The van der Waals surface area contributed by atoms with Crippen molar-refractivity contribution in [2.24, 2.45) is 5.92 Å². The van der Waals surface area contributed by atoms with Crippen molar-refractivity contribution in [3.8, 4) is 0 Å². The number of amides is 1. The van der Waals surface area contributed by atoms with Crippen LogP contribution in [0, 0.1) is 5.92 Å². The van der Waals surface area contributed by atoms with Gasteiger partial charge < -0.3 is 5.32 Å². The van der Waals surface area contributed by atoms with Crippen LogP contribution in [-0.4, -0.2) is 11.4 Å². The van der Waals surface area contributed by atoms with Gasteiger partial charge in [0.15, 0.2) is 0 Å². The Labute approximate surface area is 75.7 Å². The molecule has 0 aliphatic carbocycles. The molecule has 0 aliphatic heterocycles. The van der Waals surface area contributed by atoms with Crippen LogP contribution in [0.2, 0.25) is 0 Å². The van der Waals surface area contributed by atoms with Crippen LogP contribution in [0.3, 0.4) is 0 Å². The van der Waals surface area contributed by atoms with Crippen molar-refractivity contribution < 1.29 is 4.79 Å². The van der Waals surface area contributed by atoms with Gasteiger partial charge in [-0.15, -0.1) is 0 Å². The summed E-state index contributed by atoms with van der Waals surface area (Å²) < 4.78 is 0. The second kappa shape index (κ2) is 4.48. The Morgan fingerprint density at radius 1 is 1.42 bits per heavy atom. The molecule has 0 spiro atoms. The summed E-state index contributed by atoms with van der Waals surface area (Å²) in [4.78, 5) is 11.4. The monoisotopic (exact) mass is 171 g/mol. The fraction of sp³-hybridized carbons (Fsp3) is 0.900. The van der Waals surface area contributed by atoms with Crippen molar-refractivity contribution in [1.29, 1.82) is 0 Å². The van der Waals surface area contributed by atoms with E-state index in [-0.39, 0.29) is 17.4 Å². The first-order chi connectivity index (χ1) is 5.43. The Morgan fingerprint density at radius 2 is 1.92 bits per heavy atom. The molecular formula is C10H21NO. The minimum Gasteiger partial charge on any atom is -0.351 e. The molecule has 0 aliphatic rings. The van der Waals surface area contributed by atoms with Gasteiger partial charge in [0, 0.05) is 11.5 Å². The normalized spacial score (nSPS) is 14.1. The summed E-state index contributed by atoms with van der Waals surface area (Å²) in [5, 5.41) is 3.02. The Balaban J connectivity index is 4.00. The lowest BCUT2D eigenvalue weighted by Crippen LogP contribution is -2.45. The summed E-state index contributed by atoms with van der Waals surface area (Å²) in [6.07, 6.45) is 1.88. The number of rotatable bonds is 4. The van der Waals surface area contributed by atoms with Gasteiger partial charge in [-0.05, 0) is 26.7 Å². The molecule has 2 nitrogen and oxygen atoms in total. The molecule has 0 aromatic heterocycles. The third kappa shape index (κ3) is 3.74. The molecule has 0 rings (SSSR count). The van der Waals surface area contributed by atoms with Gasteiger partial charge in [0.05, 0.1) is 0 Å². The van der Waals surface area contributed by atoms with E-state index in [9.17, 15) is 4.79 Å². The zero-order valence-electron chi connectivity index (χ0n) is 8.90. The number of carbonyl (C=O) groups excluding carboxylic acids is 1. The van der Waals surface area contributed by atoms with Gasteiger partial charge in [-0.3, -0.25) is 4.79 Å². The third-order valence-corrected chi connectivity index (χ3v) is 2.41. The predicted molar refractivity (Wildman–Crippen MR) is 52.0 cm³/mol. The van der Waals surface area contributed by atoms with Crippen LogP contribution < -0.4 is 5.32 Å². The van der Waals surface area contributed by atoms with Crippen molar-refractivity contribution >= 4 is 5.91 Å². The lowest BCUT2D eigenvalue weighted by atomic mass is 10.00.